The molecule has 0 aliphatic carbocycles. The number of amides is 1. The Hall–Kier alpha value is -2.82. The Bertz CT molecular complexity index is 654. The lowest BCUT2D eigenvalue weighted by atomic mass is 10.1. The number of carbonyl (C=O) groups excluding carboxylic acids is 2. The molecule has 0 unspecified atom stereocenters. The Morgan fingerprint density at radius 2 is 1.86 bits per heavy atom. The molecule has 3 N–H and O–H groups in total. The van der Waals surface area contributed by atoms with E-state index in [9.17, 15) is 9.59 Å². The maximum Gasteiger partial charge on any atom is 0.338 e. The third-order valence-electron chi connectivity index (χ3n) is 2.87. The van der Waals surface area contributed by atoms with Gasteiger partial charge in [-0.3, -0.25) is 4.79 Å². The van der Waals surface area contributed by atoms with Crippen LogP contribution in [0, 0.1) is 6.92 Å². The van der Waals surface area contributed by atoms with Gasteiger partial charge in [0.25, 0.3) is 5.91 Å². The van der Waals surface area contributed by atoms with Crippen LogP contribution in [-0.4, -0.2) is 18.5 Å². The molecule has 0 heterocycles. The summed E-state index contributed by atoms with van der Waals surface area (Å²) in [7, 11) is 0. The molecule has 0 bridgehead atoms. The predicted molar refractivity (Wildman–Crippen MR) is 80.9 cm³/mol. The Morgan fingerprint density at radius 1 is 1.14 bits per heavy atom. The van der Waals surface area contributed by atoms with Gasteiger partial charge in [-0.2, -0.15) is 0 Å². The number of hydrogen-bond acceptors (Lipinski definition) is 4. The fraction of sp³-hybridized carbons (Fsp3) is 0.125. The average molecular weight is 284 g/mol. The Balaban J connectivity index is 1.92. The zero-order chi connectivity index (χ0) is 15.2. The minimum absolute atomic E-state index is 0.345. The van der Waals surface area contributed by atoms with Crippen LogP contribution in [0.5, 0.6) is 0 Å². The van der Waals surface area contributed by atoms with Crippen molar-refractivity contribution >= 4 is 23.3 Å². The molecule has 2 rings (SSSR count). The van der Waals surface area contributed by atoms with E-state index in [2.05, 4.69) is 5.32 Å². The van der Waals surface area contributed by atoms with E-state index in [-0.39, 0.29) is 6.61 Å². The molecule has 5 nitrogen and oxygen atoms in total. The number of nitrogen functional groups attached to an aromatic ring is 1. The zero-order valence-electron chi connectivity index (χ0n) is 11.6. The van der Waals surface area contributed by atoms with Gasteiger partial charge in [0, 0.05) is 11.4 Å². The number of ether oxygens (including phenoxy) is 1. The van der Waals surface area contributed by atoms with Gasteiger partial charge in [-0.1, -0.05) is 24.3 Å². The standard InChI is InChI=1S/C16H16N2O3/c1-11-7-8-12(17)9-14(11)16(20)21-10-15(19)18-13-5-3-2-4-6-13/h2-9H,10,17H2,1H3,(H,18,19). The number of aryl methyl sites for hydroxylation is 1. The van der Waals surface area contributed by atoms with Crippen molar-refractivity contribution < 1.29 is 14.3 Å². The van der Waals surface area contributed by atoms with E-state index < -0.39 is 11.9 Å². The first-order chi connectivity index (χ1) is 10.1. The summed E-state index contributed by atoms with van der Waals surface area (Å²) in [6.45, 7) is 1.43. The smallest absolute Gasteiger partial charge is 0.338 e. The molecule has 5 heteroatoms. The SMILES string of the molecule is Cc1ccc(N)cc1C(=O)OCC(=O)Nc1ccccc1. The van der Waals surface area contributed by atoms with Crippen LogP contribution >= 0.6 is 0 Å². The van der Waals surface area contributed by atoms with E-state index in [1.165, 1.54) is 6.07 Å². The Kier molecular flexibility index (Phi) is 4.56. The molecule has 0 aromatic heterocycles. The molecular weight excluding hydrogens is 268 g/mol. The van der Waals surface area contributed by atoms with Crippen molar-refractivity contribution in [2.45, 2.75) is 6.92 Å². The number of esters is 1. The van der Waals surface area contributed by atoms with E-state index in [0.717, 1.165) is 5.56 Å². The van der Waals surface area contributed by atoms with Crippen molar-refractivity contribution in [1.29, 1.82) is 0 Å². The highest BCUT2D eigenvalue weighted by molar-refractivity contribution is 5.96. The fourth-order valence-electron chi connectivity index (χ4n) is 1.79. The molecule has 0 aliphatic rings. The number of hydrogen-bond donors (Lipinski definition) is 2. The maximum absolute atomic E-state index is 11.9. The second kappa shape index (κ2) is 6.56. The summed E-state index contributed by atoms with van der Waals surface area (Å²) in [6, 6.07) is 13.9. The molecule has 2 aromatic rings. The molecule has 108 valence electrons. The highest BCUT2D eigenvalue weighted by Crippen LogP contribution is 2.14. The minimum atomic E-state index is -0.567. The number of rotatable bonds is 4. The van der Waals surface area contributed by atoms with E-state index in [1.807, 2.05) is 6.07 Å². The number of nitrogens with two attached hydrogens (primary N) is 1. The first-order valence-corrected chi connectivity index (χ1v) is 6.44. The molecular formula is C16H16N2O3. The van der Waals surface area contributed by atoms with E-state index in [4.69, 9.17) is 10.5 Å². The Morgan fingerprint density at radius 3 is 2.57 bits per heavy atom. The van der Waals surface area contributed by atoms with Gasteiger partial charge in [0.05, 0.1) is 5.56 Å². The van der Waals surface area contributed by atoms with E-state index >= 15 is 0 Å². The van der Waals surface area contributed by atoms with Crippen molar-refractivity contribution in [2.75, 3.05) is 17.7 Å². The van der Waals surface area contributed by atoms with Gasteiger partial charge in [-0.05, 0) is 36.8 Å². The summed E-state index contributed by atoms with van der Waals surface area (Å²) in [4.78, 5) is 23.6. The third-order valence-corrected chi connectivity index (χ3v) is 2.87. The lowest BCUT2D eigenvalue weighted by Crippen LogP contribution is -2.21. The van der Waals surface area contributed by atoms with Gasteiger partial charge in [-0.15, -0.1) is 0 Å². The number of anilines is 2. The highest BCUT2D eigenvalue weighted by atomic mass is 16.5. The molecule has 0 saturated heterocycles. The summed E-state index contributed by atoms with van der Waals surface area (Å²) in [5, 5.41) is 2.63. The minimum Gasteiger partial charge on any atom is -0.452 e. The quantitative estimate of drug-likeness (QED) is 0.667. The van der Waals surface area contributed by atoms with Gasteiger partial charge in [0.1, 0.15) is 0 Å². The first kappa shape index (κ1) is 14.6. The van der Waals surface area contributed by atoms with Gasteiger partial charge < -0.3 is 15.8 Å². The zero-order valence-corrected chi connectivity index (χ0v) is 11.6. The monoisotopic (exact) mass is 284 g/mol. The number of para-hydroxylation sites is 1. The molecule has 1 amide bonds. The average Bonchev–Trinajstić information content (AvgIpc) is 2.48. The van der Waals surface area contributed by atoms with Crippen LogP contribution in [0.1, 0.15) is 15.9 Å². The van der Waals surface area contributed by atoms with Crippen molar-refractivity contribution in [3.63, 3.8) is 0 Å². The van der Waals surface area contributed by atoms with E-state index in [0.29, 0.717) is 16.9 Å². The van der Waals surface area contributed by atoms with Crippen LogP contribution in [0.2, 0.25) is 0 Å². The maximum atomic E-state index is 11.9. The summed E-state index contributed by atoms with van der Waals surface area (Å²) >= 11 is 0. The predicted octanol–water partition coefficient (Wildman–Crippen LogP) is 2.37. The largest absolute Gasteiger partial charge is 0.452 e. The first-order valence-electron chi connectivity index (χ1n) is 6.44. The third kappa shape index (κ3) is 4.07. The van der Waals surface area contributed by atoms with Crippen molar-refractivity contribution in [1.82, 2.24) is 0 Å². The molecule has 0 radical (unpaired) electrons. The molecule has 0 aliphatic heterocycles. The summed E-state index contributed by atoms with van der Waals surface area (Å²) in [6.07, 6.45) is 0. The van der Waals surface area contributed by atoms with Crippen LogP contribution in [0.3, 0.4) is 0 Å². The van der Waals surface area contributed by atoms with Crippen molar-refractivity contribution in [3.05, 3.63) is 59.7 Å². The molecule has 0 saturated carbocycles. The summed E-state index contributed by atoms with van der Waals surface area (Å²) in [5.74, 6) is -0.959. The number of nitrogens with one attached hydrogen (secondary N) is 1. The lowest BCUT2D eigenvalue weighted by Gasteiger charge is -2.08. The summed E-state index contributed by atoms with van der Waals surface area (Å²) in [5.41, 5.74) is 7.87. The normalized spacial score (nSPS) is 9.95. The van der Waals surface area contributed by atoms with Crippen LogP contribution in [0.15, 0.2) is 48.5 Å². The summed E-state index contributed by atoms with van der Waals surface area (Å²) < 4.78 is 4.99. The second-order valence-electron chi connectivity index (χ2n) is 4.56. The van der Waals surface area contributed by atoms with Crippen molar-refractivity contribution in [2.24, 2.45) is 0 Å². The second-order valence-corrected chi connectivity index (χ2v) is 4.56. The van der Waals surface area contributed by atoms with Gasteiger partial charge >= 0.3 is 5.97 Å². The van der Waals surface area contributed by atoms with Gasteiger partial charge in [-0.25, -0.2) is 4.79 Å². The van der Waals surface area contributed by atoms with Crippen LogP contribution in [0.4, 0.5) is 11.4 Å². The molecule has 21 heavy (non-hydrogen) atoms. The van der Waals surface area contributed by atoms with E-state index in [1.54, 1.807) is 43.3 Å². The van der Waals surface area contributed by atoms with Crippen LogP contribution in [0.25, 0.3) is 0 Å². The molecule has 2 aromatic carbocycles. The van der Waals surface area contributed by atoms with Crippen LogP contribution < -0.4 is 11.1 Å². The number of benzene rings is 2. The topological polar surface area (TPSA) is 81.4 Å². The van der Waals surface area contributed by atoms with Gasteiger partial charge in [0.15, 0.2) is 6.61 Å². The number of carbonyl (C=O) groups is 2. The molecule has 0 atom stereocenters. The van der Waals surface area contributed by atoms with Crippen molar-refractivity contribution in [3.8, 4) is 0 Å². The van der Waals surface area contributed by atoms with Gasteiger partial charge in [0.2, 0.25) is 0 Å². The van der Waals surface area contributed by atoms with Crippen LogP contribution in [-0.2, 0) is 9.53 Å². The molecule has 0 fully saturated rings. The lowest BCUT2D eigenvalue weighted by molar-refractivity contribution is -0.119. The fourth-order valence-corrected chi connectivity index (χ4v) is 1.79. The Labute approximate surface area is 122 Å². The highest BCUT2D eigenvalue weighted by Gasteiger charge is 2.13. The molecule has 0 spiro atoms.